The molecule has 1 N–H and O–H groups in total. The Balaban J connectivity index is 1.48. The van der Waals surface area contributed by atoms with Crippen molar-refractivity contribution in [3.8, 4) is 0 Å². The number of benzene rings is 2. The van der Waals surface area contributed by atoms with Crippen LogP contribution in [-0.2, 0) is 6.54 Å². The van der Waals surface area contributed by atoms with E-state index in [4.69, 9.17) is 11.6 Å². The highest BCUT2D eigenvalue weighted by molar-refractivity contribution is 6.30. The van der Waals surface area contributed by atoms with Crippen molar-refractivity contribution in [1.29, 1.82) is 0 Å². The molecule has 0 spiro atoms. The molecule has 0 atom stereocenters. The number of piperidine rings is 1. The lowest BCUT2D eigenvalue weighted by molar-refractivity contribution is 0.414. The number of hydrogen-bond acceptors (Lipinski definition) is 2. The first-order valence-corrected chi connectivity index (χ1v) is 7.97. The molecular formula is C18H21ClN2. The summed E-state index contributed by atoms with van der Waals surface area (Å²) in [4.78, 5) is 2.44. The van der Waals surface area contributed by atoms with Crippen molar-refractivity contribution in [3.05, 3.63) is 65.2 Å². The van der Waals surface area contributed by atoms with Gasteiger partial charge in [0.1, 0.15) is 0 Å². The fourth-order valence-electron chi connectivity index (χ4n) is 2.85. The minimum absolute atomic E-state index is 0.619. The Morgan fingerprint density at radius 1 is 0.952 bits per heavy atom. The molecule has 1 fully saturated rings. The number of hydrogen-bond donors (Lipinski definition) is 1. The van der Waals surface area contributed by atoms with Gasteiger partial charge >= 0.3 is 0 Å². The van der Waals surface area contributed by atoms with E-state index < -0.39 is 0 Å². The van der Waals surface area contributed by atoms with Crippen LogP contribution in [0, 0.1) is 0 Å². The molecule has 3 heteroatoms. The number of anilines is 1. The third-order valence-corrected chi connectivity index (χ3v) is 4.38. The molecule has 1 saturated heterocycles. The van der Waals surface area contributed by atoms with Crippen molar-refractivity contribution in [2.75, 3.05) is 18.0 Å². The molecule has 0 bridgehead atoms. The molecule has 0 aromatic heterocycles. The number of nitrogens with one attached hydrogen (secondary N) is 1. The van der Waals surface area contributed by atoms with Gasteiger partial charge in [0.15, 0.2) is 0 Å². The lowest BCUT2D eigenvalue weighted by Crippen LogP contribution is -2.42. The largest absolute Gasteiger partial charge is 0.371 e. The normalized spacial score (nSPS) is 16.1. The molecule has 110 valence electrons. The van der Waals surface area contributed by atoms with Gasteiger partial charge in [0.05, 0.1) is 0 Å². The van der Waals surface area contributed by atoms with E-state index in [9.17, 15) is 0 Å². The minimum Gasteiger partial charge on any atom is -0.371 e. The van der Waals surface area contributed by atoms with E-state index in [0.29, 0.717) is 6.04 Å². The molecule has 2 aromatic carbocycles. The molecule has 2 nitrogen and oxygen atoms in total. The summed E-state index contributed by atoms with van der Waals surface area (Å²) in [5, 5.41) is 4.48. The van der Waals surface area contributed by atoms with Gasteiger partial charge in [-0.1, -0.05) is 41.9 Å². The number of rotatable bonds is 4. The maximum Gasteiger partial charge on any atom is 0.0407 e. The smallest absolute Gasteiger partial charge is 0.0407 e. The first-order chi connectivity index (χ1) is 10.3. The van der Waals surface area contributed by atoms with Crippen LogP contribution in [0.15, 0.2) is 54.6 Å². The Morgan fingerprint density at radius 2 is 1.62 bits per heavy atom. The maximum atomic E-state index is 5.94. The Morgan fingerprint density at radius 3 is 2.29 bits per heavy atom. The van der Waals surface area contributed by atoms with Gasteiger partial charge in [0, 0.05) is 36.4 Å². The summed E-state index contributed by atoms with van der Waals surface area (Å²) in [5.74, 6) is 0. The van der Waals surface area contributed by atoms with Gasteiger partial charge in [-0.05, 0) is 42.7 Å². The highest BCUT2D eigenvalue weighted by Gasteiger charge is 2.18. The highest BCUT2D eigenvalue weighted by Crippen LogP contribution is 2.22. The van der Waals surface area contributed by atoms with Crippen molar-refractivity contribution in [3.63, 3.8) is 0 Å². The van der Waals surface area contributed by atoms with Crippen molar-refractivity contribution in [1.82, 2.24) is 5.32 Å². The summed E-state index contributed by atoms with van der Waals surface area (Å²) in [6.45, 7) is 3.18. The zero-order valence-corrected chi connectivity index (χ0v) is 12.9. The fraction of sp³-hybridized carbons (Fsp3) is 0.333. The molecule has 0 aliphatic carbocycles. The molecule has 0 amide bonds. The van der Waals surface area contributed by atoms with Crippen molar-refractivity contribution in [2.45, 2.75) is 25.4 Å². The van der Waals surface area contributed by atoms with Crippen molar-refractivity contribution in [2.24, 2.45) is 0 Å². The zero-order chi connectivity index (χ0) is 14.5. The summed E-state index contributed by atoms with van der Waals surface area (Å²) in [5.41, 5.74) is 2.64. The van der Waals surface area contributed by atoms with Gasteiger partial charge in [-0.3, -0.25) is 0 Å². The lowest BCUT2D eigenvalue weighted by atomic mass is 10.0. The van der Waals surface area contributed by atoms with Crippen LogP contribution in [0.4, 0.5) is 5.69 Å². The second kappa shape index (κ2) is 6.97. The van der Waals surface area contributed by atoms with Crippen LogP contribution in [0.3, 0.4) is 0 Å². The van der Waals surface area contributed by atoms with Crippen LogP contribution in [0.2, 0.25) is 5.02 Å². The summed E-state index contributed by atoms with van der Waals surface area (Å²) in [6.07, 6.45) is 2.38. The Bertz CT molecular complexity index is 545. The average molecular weight is 301 g/mol. The Labute approximate surface area is 131 Å². The summed E-state index contributed by atoms with van der Waals surface area (Å²) in [6, 6.07) is 19.4. The van der Waals surface area contributed by atoms with E-state index in [1.807, 2.05) is 12.1 Å². The SMILES string of the molecule is Clc1ccc(N2CCC(NCc3ccccc3)CC2)cc1. The first kappa shape index (κ1) is 14.4. The molecule has 1 aliphatic rings. The summed E-state index contributed by atoms with van der Waals surface area (Å²) in [7, 11) is 0. The second-order valence-electron chi connectivity index (χ2n) is 5.60. The third kappa shape index (κ3) is 3.99. The van der Waals surface area contributed by atoms with Gasteiger partial charge in [0.25, 0.3) is 0 Å². The molecule has 0 radical (unpaired) electrons. The molecule has 2 aromatic rings. The van der Waals surface area contributed by atoms with Crippen LogP contribution in [0.25, 0.3) is 0 Å². The minimum atomic E-state index is 0.619. The van der Waals surface area contributed by atoms with E-state index in [-0.39, 0.29) is 0 Å². The van der Waals surface area contributed by atoms with Gasteiger partial charge in [-0.2, -0.15) is 0 Å². The molecule has 1 heterocycles. The van der Waals surface area contributed by atoms with E-state index in [1.54, 1.807) is 0 Å². The zero-order valence-electron chi connectivity index (χ0n) is 12.1. The van der Waals surface area contributed by atoms with Crippen LogP contribution in [-0.4, -0.2) is 19.1 Å². The molecule has 3 rings (SSSR count). The molecule has 21 heavy (non-hydrogen) atoms. The lowest BCUT2D eigenvalue weighted by Gasteiger charge is -2.34. The highest BCUT2D eigenvalue weighted by atomic mass is 35.5. The predicted molar refractivity (Wildman–Crippen MR) is 90.0 cm³/mol. The summed E-state index contributed by atoms with van der Waals surface area (Å²) >= 11 is 5.94. The van der Waals surface area contributed by atoms with Crippen LogP contribution >= 0.6 is 11.6 Å². The quantitative estimate of drug-likeness (QED) is 0.914. The van der Waals surface area contributed by atoms with Crippen LogP contribution in [0.1, 0.15) is 18.4 Å². The first-order valence-electron chi connectivity index (χ1n) is 7.59. The van der Waals surface area contributed by atoms with Gasteiger partial charge in [-0.15, -0.1) is 0 Å². The van der Waals surface area contributed by atoms with E-state index in [2.05, 4.69) is 52.7 Å². The number of nitrogens with zero attached hydrogens (tertiary/aromatic N) is 1. The maximum absolute atomic E-state index is 5.94. The van der Waals surface area contributed by atoms with Gasteiger partial charge in [0.2, 0.25) is 0 Å². The fourth-order valence-corrected chi connectivity index (χ4v) is 2.98. The third-order valence-electron chi connectivity index (χ3n) is 4.12. The van der Waals surface area contributed by atoms with E-state index >= 15 is 0 Å². The van der Waals surface area contributed by atoms with Gasteiger partial charge < -0.3 is 10.2 Å². The van der Waals surface area contributed by atoms with Crippen LogP contribution in [0.5, 0.6) is 0 Å². The standard InChI is InChI=1S/C18H21ClN2/c19-16-6-8-18(9-7-16)21-12-10-17(11-13-21)20-14-15-4-2-1-3-5-15/h1-9,17,20H,10-14H2. The number of halogens is 1. The predicted octanol–water partition coefficient (Wildman–Crippen LogP) is 4.10. The Kier molecular flexibility index (Phi) is 4.79. The average Bonchev–Trinajstić information content (AvgIpc) is 2.55. The van der Waals surface area contributed by atoms with Crippen LogP contribution < -0.4 is 10.2 Å². The monoisotopic (exact) mass is 300 g/mol. The molecule has 0 saturated carbocycles. The molecule has 0 unspecified atom stereocenters. The van der Waals surface area contributed by atoms with Crippen molar-refractivity contribution >= 4 is 17.3 Å². The Hall–Kier alpha value is -1.51. The van der Waals surface area contributed by atoms with Crippen molar-refractivity contribution < 1.29 is 0 Å². The van der Waals surface area contributed by atoms with Gasteiger partial charge in [-0.25, -0.2) is 0 Å². The van der Waals surface area contributed by atoms with E-state index in [1.165, 1.54) is 24.1 Å². The van der Waals surface area contributed by atoms with E-state index in [0.717, 1.165) is 24.7 Å². The summed E-state index contributed by atoms with van der Waals surface area (Å²) < 4.78 is 0. The molecule has 1 aliphatic heterocycles. The second-order valence-corrected chi connectivity index (χ2v) is 6.04. The topological polar surface area (TPSA) is 15.3 Å². The molecular weight excluding hydrogens is 280 g/mol.